The Bertz CT molecular complexity index is 1110. The predicted octanol–water partition coefficient (Wildman–Crippen LogP) is 4.06. The monoisotopic (exact) mass is 459 g/mol. The smallest absolute Gasteiger partial charge is 0.355 e. The first-order valence-corrected chi connectivity index (χ1v) is 8.65. The van der Waals surface area contributed by atoms with Gasteiger partial charge in [0.2, 0.25) is 0 Å². The molecule has 0 atom stereocenters. The minimum Gasteiger partial charge on any atom is -0.504 e. The highest BCUT2D eigenvalue weighted by molar-refractivity contribution is 14.1. The molecule has 0 fully saturated rings. The van der Waals surface area contributed by atoms with Crippen molar-refractivity contribution in [2.24, 2.45) is 0 Å². The molecule has 0 amide bonds. The van der Waals surface area contributed by atoms with Gasteiger partial charge in [-0.05, 0) is 46.2 Å². The third-order valence-electron chi connectivity index (χ3n) is 3.72. The van der Waals surface area contributed by atoms with E-state index in [2.05, 4.69) is 32.6 Å². The van der Waals surface area contributed by atoms with Gasteiger partial charge >= 0.3 is 5.97 Å². The number of nitrogens with zero attached hydrogens (tertiary/aromatic N) is 2. The number of carboxylic acid groups (broad SMARTS) is 1. The van der Waals surface area contributed by atoms with Crippen LogP contribution in [0, 0.1) is 3.57 Å². The quantitative estimate of drug-likeness (QED) is 0.225. The minimum atomic E-state index is -0.989. The van der Waals surface area contributed by atoms with E-state index in [1.807, 2.05) is 24.3 Å². The molecule has 2 aromatic heterocycles. The van der Waals surface area contributed by atoms with Crippen LogP contribution in [0.1, 0.15) is 10.5 Å². The standard InChI is InChI=1S/C10H7NO2.C9H7IN2O/c12-10(13)9-8-4-2-1-3-7(8)5-6-11-9;10-6-4-7(11)9(13)8-5(6)2-1-3-12-8/h1-6H,(H,12,13);1-4,13H,11H2. The Morgan fingerprint density at radius 2 is 1.73 bits per heavy atom. The van der Waals surface area contributed by atoms with Crippen LogP contribution in [-0.4, -0.2) is 26.2 Å². The first-order valence-electron chi connectivity index (χ1n) is 7.57. The highest BCUT2D eigenvalue weighted by atomic mass is 127. The number of hydrogen-bond acceptors (Lipinski definition) is 5. The molecule has 7 heteroatoms. The van der Waals surface area contributed by atoms with Gasteiger partial charge in [0.15, 0.2) is 11.4 Å². The van der Waals surface area contributed by atoms with Gasteiger partial charge in [0, 0.05) is 26.7 Å². The molecule has 0 saturated heterocycles. The number of benzene rings is 2. The lowest BCUT2D eigenvalue weighted by Gasteiger charge is -2.04. The van der Waals surface area contributed by atoms with Crippen LogP contribution in [0.25, 0.3) is 21.7 Å². The number of carboxylic acids is 1. The van der Waals surface area contributed by atoms with E-state index in [0.717, 1.165) is 14.3 Å². The van der Waals surface area contributed by atoms with Crippen LogP contribution in [0.5, 0.6) is 5.75 Å². The molecule has 0 bridgehead atoms. The van der Waals surface area contributed by atoms with E-state index >= 15 is 0 Å². The van der Waals surface area contributed by atoms with Crippen LogP contribution < -0.4 is 5.73 Å². The molecule has 0 radical (unpaired) electrons. The Balaban J connectivity index is 0.000000151. The second-order valence-electron chi connectivity index (χ2n) is 5.38. The van der Waals surface area contributed by atoms with Gasteiger partial charge in [-0.3, -0.25) is 4.98 Å². The zero-order chi connectivity index (χ0) is 18.7. The molecule has 26 heavy (non-hydrogen) atoms. The summed E-state index contributed by atoms with van der Waals surface area (Å²) < 4.78 is 0.996. The summed E-state index contributed by atoms with van der Waals surface area (Å²) in [5.41, 5.74) is 6.63. The second-order valence-corrected chi connectivity index (χ2v) is 6.54. The number of pyridine rings is 2. The molecular formula is C19H14IN3O3. The van der Waals surface area contributed by atoms with Crippen molar-refractivity contribution in [2.45, 2.75) is 0 Å². The number of halogens is 1. The van der Waals surface area contributed by atoms with Crippen LogP contribution in [0.4, 0.5) is 5.69 Å². The third kappa shape index (κ3) is 3.52. The molecule has 130 valence electrons. The van der Waals surface area contributed by atoms with E-state index in [1.54, 1.807) is 30.5 Å². The van der Waals surface area contributed by atoms with Gasteiger partial charge in [-0.25, -0.2) is 9.78 Å². The molecule has 4 N–H and O–H groups in total. The molecule has 0 aliphatic carbocycles. The summed E-state index contributed by atoms with van der Waals surface area (Å²) in [5, 5.41) is 20.9. The lowest BCUT2D eigenvalue weighted by molar-refractivity contribution is 0.0693. The lowest BCUT2D eigenvalue weighted by Crippen LogP contribution is -2.00. The second kappa shape index (κ2) is 7.52. The average Bonchev–Trinajstić information content (AvgIpc) is 2.66. The summed E-state index contributed by atoms with van der Waals surface area (Å²) in [4.78, 5) is 18.6. The topological polar surface area (TPSA) is 109 Å². The van der Waals surface area contributed by atoms with E-state index in [9.17, 15) is 9.90 Å². The number of carbonyl (C=O) groups is 1. The SMILES string of the molecule is Nc1cc(I)c2cccnc2c1O.O=C(O)c1nccc2ccccc12. The number of rotatable bonds is 1. The summed E-state index contributed by atoms with van der Waals surface area (Å²) in [5.74, 6) is -0.923. The number of aromatic nitrogens is 2. The van der Waals surface area contributed by atoms with Crippen molar-refractivity contribution < 1.29 is 15.0 Å². The molecule has 0 spiro atoms. The van der Waals surface area contributed by atoms with Crippen molar-refractivity contribution in [1.82, 2.24) is 9.97 Å². The van der Waals surface area contributed by atoms with E-state index in [4.69, 9.17) is 10.8 Å². The number of aromatic hydroxyl groups is 1. The molecular weight excluding hydrogens is 445 g/mol. The number of aromatic carboxylic acids is 1. The summed E-state index contributed by atoms with van der Waals surface area (Å²) >= 11 is 2.17. The van der Waals surface area contributed by atoms with Crippen LogP contribution in [0.15, 0.2) is 60.9 Å². The highest BCUT2D eigenvalue weighted by Gasteiger charge is 2.08. The number of nitrogens with two attached hydrogens (primary N) is 1. The summed E-state index contributed by atoms with van der Waals surface area (Å²) in [7, 11) is 0. The Kier molecular flexibility index (Phi) is 5.17. The number of anilines is 1. The summed E-state index contributed by atoms with van der Waals surface area (Å²) in [6.45, 7) is 0. The fraction of sp³-hybridized carbons (Fsp3) is 0. The Labute approximate surface area is 162 Å². The van der Waals surface area contributed by atoms with Gasteiger partial charge in [0.25, 0.3) is 0 Å². The number of fused-ring (bicyclic) bond motifs is 2. The van der Waals surface area contributed by atoms with Gasteiger partial charge in [-0.1, -0.05) is 30.3 Å². The summed E-state index contributed by atoms with van der Waals surface area (Å²) in [6, 6.07) is 14.6. The normalized spacial score (nSPS) is 10.3. The van der Waals surface area contributed by atoms with Crippen molar-refractivity contribution in [3.05, 3.63) is 70.2 Å². The van der Waals surface area contributed by atoms with E-state index < -0.39 is 5.97 Å². The van der Waals surface area contributed by atoms with Crippen LogP contribution in [0.2, 0.25) is 0 Å². The van der Waals surface area contributed by atoms with Crippen LogP contribution in [0.3, 0.4) is 0 Å². The molecule has 2 heterocycles. The maximum absolute atomic E-state index is 10.8. The van der Waals surface area contributed by atoms with Crippen LogP contribution in [-0.2, 0) is 0 Å². The minimum absolute atomic E-state index is 0.0658. The predicted molar refractivity (Wildman–Crippen MR) is 109 cm³/mol. The first kappa shape index (κ1) is 17.9. The van der Waals surface area contributed by atoms with Crippen molar-refractivity contribution in [3.63, 3.8) is 0 Å². The zero-order valence-corrected chi connectivity index (χ0v) is 15.6. The maximum Gasteiger partial charge on any atom is 0.355 e. The average molecular weight is 459 g/mol. The van der Waals surface area contributed by atoms with E-state index in [1.165, 1.54) is 6.20 Å². The van der Waals surface area contributed by atoms with Crippen molar-refractivity contribution in [3.8, 4) is 5.75 Å². The van der Waals surface area contributed by atoms with E-state index in [-0.39, 0.29) is 11.4 Å². The van der Waals surface area contributed by atoms with Gasteiger partial charge in [-0.15, -0.1) is 0 Å². The fourth-order valence-electron chi connectivity index (χ4n) is 2.50. The molecule has 2 aromatic carbocycles. The number of nitrogen functional groups attached to an aromatic ring is 1. The number of phenolic OH excluding ortho intramolecular Hbond substituents is 1. The molecule has 6 nitrogen and oxygen atoms in total. The van der Waals surface area contributed by atoms with Crippen molar-refractivity contribution in [1.29, 1.82) is 0 Å². The molecule has 0 saturated carbocycles. The lowest BCUT2D eigenvalue weighted by atomic mass is 10.1. The van der Waals surface area contributed by atoms with Crippen LogP contribution >= 0.6 is 22.6 Å². The van der Waals surface area contributed by atoms with Crippen molar-refractivity contribution in [2.75, 3.05) is 5.73 Å². The fourth-order valence-corrected chi connectivity index (χ4v) is 3.27. The maximum atomic E-state index is 10.8. The van der Waals surface area contributed by atoms with Gasteiger partial charge in [0.1, 0.15) is 5.52 Å². The number of hydrogen-bond donors (Lipinski definition) is 3. The van der Waals surface area contributed by atoms with Gasteiger partial charge < -0.3 is 15.9 Å². The molecule has 4 aromatic rings. The summed E-state index contributed by atoms with van der Waals surface area (Å²) in [6.07, 6.45) is 3.14. The molecule has 0 aliphatic heterocycles. The first-order chi connectivity index (χ1) is 12.5. The molecule has 0 unspecified atom stereocenters. The highest BCUT2D eigenvalue weighted by Crippen LogP contribution is 2.32. The largest absolute Gasteiger partial charge is 0.504 e. The third-order valence-corrected chi connectivity index (χ3v) is 4.61. The van der Waals surface area contributed by atoms with Crippen molar-refractivity contribution >= 4 is 55.9 Å². The van der Waals surface area contributed by atoms with Gasteiger partial charge in [-0.2, -0.15) is 0 Å². The van der Waals surface area contributed by atoms with Gasteiger partial charge in [0.05, 0.1) is 5.69 Å². The van der Waals surface area contributed by atoms with E-state index in [0.29, 0.717) is 16.6 Å². The zero-order valence-electron chi connectivity index (χ0n) is 13.4. The molecule has 4 rings (SSSR count). The Morgan fingerprint density at radius 1 is 1.00 bits per heavy atom. The Morgan fingerprint density at radius 3 is 2.50 bits per heavy atom. The number of phenols is 1. The Hall–Kier alpha value is -2.94. The molecule has 0 aliphatic rings.